The Labute approximate surface area is 102 Å². The fourth-order valence-corrected chi connectivity index (χ4v) is 2.41. The number of nitrogens with two attached hydrogens (primary N) is 1. The van der Waals surface area contributed by atoms with Gasteiger partial charge in [0.05, 0.1) is 0 Å². The van der Waals surface area contributed by atoms with Gasteiger partial charge in [-0.3, -0.25) is 4.79 Å². The number of anilines is 1. The molecule has 1 fully saturated rings. The first kappa shape index (κ1) is 12.0. The Kier molecular flexibility index (Phi) is 3.67. The van der Waals surface area contributed by atoms with Gasteiger partial charge >= 0.3 is 0 Å². The zero-order valence-corrected chi connectivity index (χ0v) is 10.3. The van der Waals surface area contributed by atoms with E-state index in [0.29, 0.717) is 6.54 Å². The molecule has 0 radical (unpaired) electrons. The van der Waals surface area contributed by atoms with Crippen molar-refractivity contribution in [2.24, 2.45) is 5.92 Å². The number of hydrogen-bond acceptors (Lipinski definition) is 2. The van der Waals surface area contributed by atoms with Crippen molar-refractivity contribution in [3.8, 4) is 0 Å². The molecule has 1 aromatic carbocycles. The van der Waals surface area contributed by atoms with E-state index >= 15 is 0 Å². The Bertz CT molecular complexity index is 409. The Morgan fingerprint density at radius 1 is 1.41 bits per heavy atom. The van der Waals surface area contributed by atoms with Crippen molar-refractivity contribution in [2.45, 2.75) is 39.2 Å². The second-order valence-electron chi connectivity index (χ2n) is 4.83. The zero-order valence-electron chi connectivity index (χ0n) is 10.3. The molecule has 1 saturated carbocycles. The Morgan fingerprint density at radius 2 is 2.12 bits per heavy atom. The highest BCUT2D eigenvalue weighted by Crippen LogP contribution is 2.24. The molecule has 3 nitrogen and oxygen atoms in total. The van der Waals surface area contributed by atoms with E-state index in [1.54, 1.807) is 0 Å². The van der Waals surface area contributed by atoms with Gasteiger partial charge in [-0.25, -0.2) is 0 Å². The van der Waals surface area contributed by atoms with Crippen molar-refractivity contribution in [1.82, 2.24) is 5.32 Å². The first-order valence-electron chi connectivity index (χ1n) is 6.30. The van der Waals surface area contributed by atoms with Crippen LogP contribution in [0.25, 0.3) is 0 Å². The van der Waals surface area contributed by atoms with E-state index in [1.807, 2.05) is 25.1 Å². The van der Waals surface area contributed by atoms with Crippen LogP contribution >= 0.6 is 0 Å². The van der Waals surface area contributed by atoms with Crippen LogP contribution in [0.1, 0.15) is 36.8 Å². The van der Waals surface area contributed by atoms with Crippen LogP contribution in [0.3, 0.4) is 0 Å². The molecule has 1 aliphatic rings. The van der Waals surface area contributed by atoms with Crippen LogP contribution in [0.4, 0.5) is 5.69 Å². The van der Waals surface area contributed by atoms with Gasteiger partial charge in [-0.1, -0.05) is 25.0 Å². The van der Waals surface area contributed by atoms with Crippen molar-refractivity contribution in [3.05, 3.63) is 29.3 Å². The minimum absolute atomic E-state index is 0.198. The predicted molar refractivity (Wildman–Crippen MR) is 69.4 cm³/mol. The minimum atomic E-state index is 0.198. The van der Waals surface area contributed by atoms with E-state index < -0.39 is 0 Å². The van der Waals surface area contributed by atoms with Gasteiger partial charge in [0.15, 0.2) is 0 Å². The Morgan fingerprint density at radius 3 is 2.82 bits per heavy atom. The molecule has 0 aromatic heterocycles. The van der Waals surface area contributed by atoms with Crippen LogP contribution in [0.2, 0.25) is 0 Å². The van der Waals surface area contributed by atoms with Gasteiger partial charge in [0.1, 0.15) is 0 Å². The van der Waals surface area contributed by atoms with Gasteiger partial charge in [0, 0.05) is 18.2 Å². The molecular formula is C14H20N2O. The van der Waals surface area contributed by atoms with E-state index in [-0.39, 0.29) is 11.8 Å². The molecule has 0 aliphatic heterocycles. The Hall–Kier alpha value is -1.51. The molecule has 3 N–H and O–H groups in total. The molecule has 2 rings (SSSR count). The van der Waals surface area contributed by atoms with Crippen molar-refractivity contribution >= 4 is 11.6 Å². The number of nitrogen functional groups attached to an aromatic ring is 1. The fraction of sp³-hybridized carbons (Fsp3) is 0.500. The number of nitrogens with one attached hydrogen (secondary N) is 1. The third kappa shape index (κ3) is 2.78. The maximum atomic E-state index is 11.9. The molecule has 0 unspecified atom stereocenters. The summed E-state index contributed by atoms with van der Waals surface area (Å²) in [5, 5.41) is 3.01. The number of amides is 1. The van der Waals surface area contributed by atoms with Crippen LogP contribution in [0.15, 0.2) is 18.2 Å². The first-order chi connectivity index (χ1) is 8.18. The number of rotatable bonds is 3. The lowest BCUT2D eigenvalue weighted by atomic mass is 10.1. The van der Waals surface area contributed by atoms with Crippen LogP contribution < -0.4 is 11.1 Å². The number of benzene rings is 1. The van der Waals surface area contributed by atoms with E-state index in [1.165, 1.54) is 12.8 Å². The maximum absolute atomic E-state index is 11.9. The molecule has 1 aliphatic carbocycles. The highest BCUT2D eigenvalue weighted by molar-refractivity contribution is 5.78. The van der Waals surface area contributed by atoms with Gasteiger partial charge in [-0.15, -0.1) is 0 Å². The molecule has 0 bridgehead atoms. The van der Waals surface area contributed by atoms with Gasteiger partial charge in [-0.05, 0) is 37.0 Å². The number of hydrogen-bond donors (Lipinski definition) is 2. The summed E-state index contributed by atoms with van der Waals surface area (Å²) >= 11 is 0. The molecule has 1 amide bonds. The normalized spacial score (nSPS) is 16.1. The van der Waals surface area contributed by atoms with E-state index in [2.05, 4.69) is 5.32 Å². The summed E-state index contributed by atoms with van der Waals surface area (Å²) in [6.07, 6.45) is 4.47. The van der Waals surface area contributed by atoms with E-state index in [4.69, 9.17) is 5.73 Å². The van der Waals surface area contributed by atoms with Crippen molar-refractivity contribution in [1.29, 1.82) is 0 Å². The summed E-state index contributed by atoms with van der Waals surface area (Å²) in [5.74, 6) is 0.431. The molecule has 1 aromatic rings. The summed E-state index contributed by atoms with van der Waals surface area (Å²) < 4.78 is 0. The fourth-order valence-electron chi connectivity index (χ4n) is 2.41. The van der Waals surface area contributed by atoms with Crippen molar-refractivity contribution < 1.29 is 4.79 Å². The SMILES string of the molecule is Cc1c(N)cccc1CNC(=O)C1CCCC1. The van der Waals surface area contributed by atoms with Gasteiger partial charge in [0.2, 0.25) is 5.91 Å². The molecule has 17 heavy (non-hydrogen) atoms. The summed E-state index contributed by atoms with van der Waals surface area (Å²) in [6, 6.07) is 5.83. The third-order valence-corrected chi connectivity index (χ3v) is 3.67. The first-order valence-corrected chi connectivity index (χ1v) is 6.30. The molecule has 0 spiro atoms. The van der Waals surface area contributed by atoms with Crippen molar-refractivity contribution in [3.63, 3.8) is 0 Å². The number of carbonyl (C=O) groups is 1. The van der Waals surface area contributed by atoms with E-state index in [9.17, 15) is 4.79 Å². The zero-order chi connectivity index (χ0) is 12.3. The lowest BCUT2D eigenvalue weighted by Gasteiger charge is -2.12. The van der Waals surface area contributed by atoms with Crippen LogP contribution in [-0.2, 0) is 11.3 Å². The summed E-state index contributed by atoms with van der Waals surface area (Å²) in [6.45, 7) is 2.58. The molecular weight excluding hydrogens is 212 g/mol. The van der Waals surface area contributed by atoms with Crippen molar-refractivity contribution in [2.75, 3.05) is 5.73 Å². The molecule has 3 heteroatoms. The summed E-state index contributed by atoms with van der Waals surface area (Å²) in [7, 11) is 0. The predicted octanol–water partition coefficient (Wildman–Crippen LogP) is 2.38. The van der Waals surface area contributed by atoms with Gasteiger partial charge < -0.3 is 11.1 Å². The van der Waals surface area contributed by atoms with Crippen LogP contribution in [0, 0.1) is 12.8 Å². The minimum Gasteiger partial charge on any atom is -0.399 e. The average molecular weight is 232 g/mol. The topological polar surface area (TPSA) is 55.1 Å². The lowest BCUT2D eigenvalue weighted by molar-refractivity contribution is -0.124. The molecule has 0 saturated heterocycles. The van der Waals surface area contributed by atoms with Gasteiger partial charge in [-0.2, -0.15) is 0 Å². The highest BCUT2D eigenvalue weighted by atomic mass is 16.1. The van der Waals surface area contributed by atoms with Crippen LogP contribution in [0.5, 0.6) is 0 Å². The highest BCUT2D eigenvalue weighted by Gasteiger charge is 2.22. The monoisotopic (exact) mass is 232 g/mol. The summed E-state index contributed by atoms with van der Waals surface area (Å²) in [5.41, 5.74) is 8.80. The summed E-state index contributed by atoms with van der Waals surface area (Å²) in [4.78, 5) is 11.9. The molecule has 92 valence electrons. The average Bonchev–Trinajstić information content (AvgIpc) is 2.84. The van der Waals surface area contributed by atoms with Gasteiger partial charge in [0.25, 0.3) is 0 Å². The largest absolute Gasteiger partial charge is 0.399 e. The van der Waals surface area contributed by atoms with Crippen LogP contribution in [-0.4, -0.2) is 5.91 Å². The van der Waals surface area contributed by atoms with E-state index in [0.717, 1.165) is 29.7 Å². The molecule has 0 atom stereocenters. The maximum Gasteiger partial charge on any atom is 0.223 e. The number of carbonyl (C=O) groups excluding carboxylic acids is 1. The second kappa shape index (κ2) is 5.21. The Balaban J connectivity index is 1.93. The third-order valence-electron chi connectivity index (χ3n) is 3.67. The quantitative estimate of drug-likeness (QED) is 0.786. The lowest BCUT2D eigenvalue weighted by Crippen LogP contribution is -2.29. The molecule has 0 heterocycles. The standard InChI is InChI=1S/C14H20N2O/c1-10-12(7-4-8-13(10)15)9-16-14(17)11-5-2-3-6-11/h4,7-8,11H,2-3,5-6,9,15H2,1H3,(H,16,17). The second-order valence-corrected chi connectivity index (χ2v) is 4.83. The smallest absolute Gasteiger partial charge is 0.223 e.